The van der Waals surface area contributed by atoms with Gasteiger partial charge in [0.15, 0.2) is 0 Å². The average Bonchev–Trinajstić information content (AvgIpc) is 1.88. The number of rotatable bonds is 4. The third-order valence-corrected chi connectivity index (χ3v) is 1.17. The van der Waals surface area contributed by atoms with E-state index in [1.54, 1.807) is 0 Å². The molecule has 3 N–H and O–H groups in total. The molecule has 0 radical (unpaired) electrons. The van der Waals surface area contributed by atoms with Crippen LogP contribution in [-0.4, -0.2) is 13.1 Å². The second-order valence-corrected chi connectivity index (χ2v) is 1.88. The first-order chi connectivity index (χ1) is 4.35. The van der Waals surface area contributed by atoms with Gasteiger partial charge in [0.2, 0.25) is 0 Å². The molecule has 0 aromatic carbocycles. The van der Waals surface area contributed by atoms with Crippen molar-refractivity contribution in [3.8, 4) is 0 Å². The molecule has 0 fully saturated rings. The lowest BCUT2D eigenvalue weighted by Gasteiger charge is -2.05. The summed E-state index contributed by atoms with van der Waals surface area (Å²) in [4.78, 5) is 0. The summed E-state index contributed by atoms with van der Waals surface area (Å²) in [6.45, 7) is 5.82. The Balaban J connectivity index is 3.43. The normalized spacial score (nSPS) is 11.7. The molecule has 0 aromatic heterocycles. The van der Waals surface area contributed by atoms with E-state index in [0.717, 1.165) is 19.5 Å². The quantitative estimate of drug-likeness (QED) is 0.589. The lowest BCUT2D eigenvalue weighted by atomic mass is 10.3. The van der Waals surface area contributed by atoms with Gasteiger partial charge in [0.1, 0.15) is 0 Å². The van der Waals surface area contributed by atoms with Crippen molar-refractivity contribution in [1.82, 2.24) is 5.32 Å². The molecular formula is C7H16N2. The fourth-order valence-electron chi connectivity index (χ4n) is 0.717. The summed E-state index contributed by atoms with van der Waals surface area (Å²) in [5, 5.41) is 3.21. The van der Waals surface area contributed by atoms with Gasteiger partial charge in [-0.2, -0.15) is 0 Å². The van der Waals surface area contributed by atoms with Crippen molar-refractivity contribution < 1.29 is 0 Å². The zero-order chi connectivity index (χ0) is 7.11. The van der Waals surface area contributed by atoms with Crippen LogP contribution >= 0.6 is 0 Å². The first kappa shape index (κ1) is 8.50. The van der Waals surface area contributed by atoms with Crippen molar-refractivity contribution in [2.75, 3.05) is 13.1 Å². The minimum Gasteiger partial charge on any atom is -0.389 e. The molecule has 54 valence electrons. The molecule has 0 rings (SSSR count). The molecule has 0 spiro atoms. The Hall–Kier alpha value is -0.500. The van der Waals surface area contributed by atoms with Crippen LogP contribution in [0.4, 0.5) is 0 Å². The first-order valence-corrected chi connectivity index (χ1v) is 3.44. The van der Waals surface area contributed by atoms with E-state index in [1.807, 2.05) is 6.92 Å². The molecule has 2 heteroatoms. The Morgan fingerprint density at radius 2 is 2.33 bits per heavy atom. The van der Waals surface area contributed by atoms with Crippen molar-refractivity contribution in [2.24, 2.45) is 5.73 Å². The molecule has 0 aliphatic rings. The maximum Gasteiger partial charge on any atom is 0.0115 e. The third kappa shape index (κ3) is 4.03. The van der Waals surface area contributed by atoms with Crippen LogP contribution in [0.2, 0.25) is 0 Å². The Kier molecular flexibility index (Phi) is 5.32. The summed E-state index contributed by atoms with van der Waals surface area (Å²) in [6.07, 6.45) is 3.03. The van der Waals surface area contributed by atoms with E-state index >= 15 is 0 Å². The van der Waals surface area contributed by atoms with Crippen LogP contribution in [0.15, 0.2) is 11.8 Å². The van der Waals surface area contributed by atoms with E-state index in [1.165, 1.54) is 5.70 Å². The van der Waals surface area contributed by atoms with Gasteiger partial charge in [-0.3, -0.25) is 0 Å². The molecule has 9 heavy (non-hydrogen) atoms. The number of hydrogen-bond acceptors (Lipinski definition) is 2. The van der Waals surface area contributed by atoms with E-state index < -0.39 is 0 Å². The topological polar surface area (TPSA) is 38.0 Å². The Bertz CT molecular complexity index is 78.9. The SMILES string of the molecule is C/C=C(\CCN)NCC. The second kappa shape index (κ2) is 5.63. The van der Waals surface area contributed by atoms with Gasteiger partial charge in [-0.1, -0.05) is 6.08 Å². The molecule has 0 heterocycles. The van der Waals surface area contributed by atoms with Crippen molar-refractivity contribution in [3.05, 3.63) is 11.8 Å². The van der Waals surface area contributed by atoms with Gasteiger partial charge in [-0.05, 0) is 26.8 Å². The van der Waals surface area contributed by atoms with E-state index in [9.17, 15) is 0 Å². The summed E-state index contributed by atoms with van der Waals surface area (Å²) in [5.74, 6) is 0. The molecule has 0 amide bonds. The lowest BCUT2D eigenvalue weighted by molar-refractivity contribution is 0.777. The van der Waals surface area contributed by atoms with Crippen molar-refractivity contribution in [1.29, 1.82) is 0 Å². The fraction of sp³-hybridized carbons (Fsp3) is 0.714. The number of hydrogen-bond donors (Lipinski definition) is 2. The highest BCUT2D eigenvalue weighted by molar-refractivity contribution is 4.97. The standard InChI is InChI=1S/C7H16N2/c1-3-7(5-6-8)9-4-2/h3,9H,4-6,8H2,1-2H3/b7-3+. The van der Waals surface area contributed by atoms with Gasteiger partial charge in [-0.15, -0.1) is 0 Å². The van der Waals surface area contributed by atoms with Gasteiger partial charge in [0.25, 0.3) is 0 Å². The average molecular weight is 128 g/mol. The Morgan fingerprint density at radius 3 is 2.67 bits per heavy atom. The van der Waals surface area contributed by atoms with Crippen LogP contribution in [0, 0.1) is 0 Å². The molecule has 0 aliphatic heterocycles. The fourth-order valence-corrected chi connectivity index (χ4v) is 0.717. The van der Waals surface area contributed by atoms with Gasteiger partial charge in [0.05, 0.1) is 0 Å². The number of nitrogens with one attached hydrogen (secondary N) is 1. The number of nitrogens with two attached hydrogens (primary N) is 1. The number of allylic oxidation sites excluding steroid dienone is 1. The van der Waals surface area contributed by atoms with Crippen molar-refractivity contribution in [3.63, 3.8) is 0 Å². The Labute approximate surface area is 57.1 Å². The van der Waals surface area contributed by atoms with Crippen LogP contribution in [-0.2, 0) is 0 Å². The highest BCUT2D eigenvalue weighted by Crippen LogP contribution is 1.92. The highest BCUT2D eigenvalue weighted by Gasteiger charge is 1.88. The molecule has 0 aromatic rings. The molecule has 0 saturated carbocycles. The molecule has 0 saturated heterocycles. The molecule has 0 unspecified atom stereocenters. The van der Waals surface area contributed by atoms with Gasteiger partial charge < -0.3 is 11.1 Å². The zero-order valence-electron chi connectivity index (χ0n) is 6.28. The lowest BCUT2D eigenvalue weighted by Crippen LogP contribution is -2.15. The maximum atomic E-state index is 5.35. The van der Waals surface area contributed by atoms with Crippen LogP contribution in [0.25, 0.3) is 0 Å². The smallest absolute Gasteiger partial charge is 0.0115 e. The highest BCUT2D eigenvalue weighted by atomic mass is 14.9. The van der Waals surface area contributed by atoms with E-state index in [0.29, 0.717) is 0 Å². The third-order valence-electron chi connectivity index (χ3n) is 1.17. The summed E-state index contributed by atoms with van der Waals surface area (Å²) in [7, 11) is 0. The van der Waals surface area contributed by atoms with E-state index in [4.69, 9.17) is 5.73 Å². The molecular weight excluding hydrogens is 112 g/mol. The van der Waals surface area contributed by atoms with Crippen molar-refractivity contribution >= 4 is 0 Å². The predicted molar refractivity (Wildman–Crippen MR) is 41.1 cm³/mol. The van der Waals surface area contributed by atoms with E-state index in [2.05, 4.69) is 18.3 Å². The largest absolute Gasteiger partial charge is 0.389 e. The minimum atomic E-state index is 0.729. The summed E-state index contributed by atoms with van der Waals surface area (Å²) < 4.78 is 0. The van der Waals surface area contributed by atoms with E-state index in [-0.39, 0.29) is 0 Å². The predicted octanol–water partition coefficient (Wildman–Crippen LogP) is 0.849. The van der Waals surface area contributed by atoms with Crippen LogP contribution in [0.1, 0.15) is 20.3 Å². The molecule has 0 bridgehead atoms. The zero-order valence-corrected chi connectivity index (χ0v) is 6.28. The van der Waals surface area contributed by atoms with Crippen LogP contribution < -0.4 is 11.1 Å². The van der Waals surface area contributed by atoms with Gasteiger partial charge in [-0.25, -0.2) is 0 Å². The van der Waals surface area contributed by atoms with Gasteiger partial charge in [0, 0.05) is 12.2 Å². The van der Waals surface area contributed by atoms with Gasteiger partial charge >= 0.3 is 0 Å². The van der Waals surface area contributed by atoms with Crippen LogP contribution in [0.5, 0.6) is 0 Å². The van der Waals surface area contributed by atoms with Crippen LogP contribution in [0.3, 0.4) is 0 Å². The molecule has 0 aliphatic carbocycles. The second-order valence-electron chi connectivity index (χ2n) is 1.88. The monoisotopic (exact) mass is 128 g/mol. The van der Waals surface area contributed by atoms with Crippen molar-refractivity contribution in [2.45, 2.75) is 20.3 Å². The Morgan fingerprint density at radius 1 is 1.67 bits per heavy atom. The molecule has 0 atom stereocenters. The summed E-state index contributed by atoms with van der Waals surface area (Å²) in [6, 6.07) is 0. The summed E-state index contributed by atoms with van der Waals surface area (Å²) in [5.41, 5.74) is 6.60. The first-order valence-electron chi connectivity index (χ1n) is 3.44. The maximum absolute atomic E-state index is 5.35. The minimum absolute atomic E-state index is 0.729. The molecule has 2 nitrogen and oxygen atoms in total. The summed E-state index contributed by atoms with van der Waals surface area (Å²) >= 11 is 0.